The Balaban J connectivity index is 0.000000278. The van der Waals surface area contributed by atoms with Gasteiger partial charge in [0.15, 0.2) is 0 Å². The van der Waals surface area contributed by atoms with Gasteiger partial charge < -0.3 is 30.6 Å². The van der Waals surface area contributed by atoms with Crippen molar-refractivity contribution in [2.75, 3.05) is 0 Å². The van der Waals surface area contributed by atoms with Crippen molar-refractivity contribution in [3.05, 3.63) is 173 Å². The van der Waals surface area contributed by atoms with Crippen LogP contribution in [0.15, 0.2) is 72.8 Å². The molecule has 9 rings (SSSR count). The zero-order chi connectivity index (χ0) is 102. The fourth-order valence-corrected chi connectivity index (χ4v) is 28.4. The molecule has 6 aromatic rings. The molecule has 3 aliphatic carbocycles. The van der Waals surface area contributed by atoms with Crippen molar-refractivity contribution in [2.24, 2.45) is 11.8 Å². The predicted octanol–water partition coefficient (Wildman–Crippen LogP) is 38.3. The van der Waals surface area contributed by atoms with Gasteiger partial charge in [0.05, 0.1) is 0 Å². The Morgan fingerprint density at radius 3 is 0.529 bits per heavy atom. The molecule has 0 heterocycles. The van der Waals surface area contributed by atoms with E-state index < -0.39 is 0 Å². The van der Waals surface area contributed by atoms with E-state index in [1.165, 1.54) is 149 Å². The number of hydrogen-bond donors (Lipinski definition) is 6. The first-order valence-electron chi connectivity index (χ1n) is 53.7. The van der Waals surface area contributed by atoms with E-state index in [2.05, 4.69) is 406 Å². The second kappa shape index (κ2) is 49.4. The highest BCUT2D eigenvalue weighted by atomic mass is 32.2. The van der Waals surface area contributed by atoms with Crippen LogP contribution in [0.1, 0.15) is 517 Å². The largest absolute Gasteiger partial charge is 0.507 e. The van der Waals surface area contributed by atoms with E-state index in [4.69, 9.17) is 0 Å². The Hall–Kier alpha value is -3.78. The third-order valence-corrected chi connectivity index (χ3v) is 42.7. The third kappa shape index (κ3) is 31.4. The van der Waals surface area contributed by atoms with Gasteiger partial charge in [-0.1, -0.05) is 413 Å². The van der Waals surface area contributed by atoms with E-state index in [1.807, 2.05) is 0 Å². The summed E-state index contributed by atoms with van der Waals surface area (Å²) in [4.78, 5) is 0. The van der Waals surface area contributed by atoms with Gasteiger partial charge in [-0.3, -0.25) is 0 Å². The molecule has 0 spiro atoms. The topological polar surface area (TPSA) is 121 Å². The monoisotopic (exact) mass is 1980 g/mol. The van der Waals surface area contributed by atoms with Crippen molar-refractivity contribution in [1.82, 2.24) is 0 Å². The SMILES string of the molecule is CC(C)C(C)(C)c1cc(C(C)(C)C)cc(CSC2CCCCCCC2SCc2cc(C(C)(C)C)cc(C(C)(C)C(C)C)c2O)c1O.CCC(C)(C)c1cc(C(C)(C)C)cc(CSC2CCCCCCC2SCc2cc(C(C)(C)C)cc(C(C)(C)CC)c2O)c1O.CCC(C)(CC)c1cc(C(C)(C)C)cc(CSC2CCCCCCC2SCc2cc(C(C)(C)C)cc(C(C)(CC)CC)c2O)c1O. The molecule has 0 bridgehead atoms. The first kappa shape index (κ1) is 119. The molecule has 6 aromatic carbocycles. The van der Waals surface area contributed by atoms with Crippen LogP contribution in [0, 0.1) is 11.8 Å². The highest BCUT2D eigenvalue weighted by molar-refractivity contribution is 8.04. The number of phenols is 6. The first-order valence-corrected chi connectivity index (χ1v) is 60.0. The van der Waals surface area contributed by atoms with E-state index in [0.29, 0.717) is 77.8 Å². The van der Waals surface area contributed by atoms with Gasteiger partial charge in [-0.05, 0) is 187 Å². The van der Waals surface area contributed by atoms with E-state index in [0.717, 1.165) is 140 Å². The summed E-state index contributed by atoms with van der Waals surface area (Å²) in [5.74, 6) is 8.89. The third-order valence-electron chi connectivity index (χ3n) is 33.4. The van der Waals surface area contributed by atoms with Gasteiger partial charge in [0.2, 0.25) is 0 Å². The lowest BCUT2D eigenvalue weighted by Crippen LogP contribution is -2.26. The van der Waals surface area contributed by atoms with Crippen molar-refractivity contribution >= 4 is 70.6 Å². The quantitative estimate of drug-likeness (QED) is 0.0241. The molecule has 0 radical (unpaired) electrons. The molecular formula is C124H200O6S6. The summed E-state index contributed by atoms with van der Waals surface area (Å²) < 4.78 is 0. The van der Waals surface area contributed by atoms with Crippen molar-refractivity contribution in [1.29, 1.82) is 0 Å². The van der Waals surface area contributed by atoms with Crippen molar-refractivity contribution in [3.8, 4) is 34.5 Å². The molecule has 3 aliphatic rings. The molecule has 136 heavy (non-hydrogen) atoms. The fourth-order valence-electron chi connectivity index (χ4n) is 19.2. The fraction of sp³-hybridized carbons (Fsp3) is 0.710. The number of hydrogen-bond acceptors (Lipinski definition) is 12. The second-order valence-corrected chi connectivity index (χ2v) is 58.9. The highest BCUT2D eigenvalue weighted by Gasteiger charge is 2.40. The summed E-state index contributed by atoms with van der Waals surface area (Å²) in [5.41, 5.74) is 20.7. The maximum absolute atomic E-state index is 11.7. The molecule has 3 fully saturated rings. The predicted molar refractivity (Wildman–Crippen MR) is 613 cm³/mol. The number of aromatic hydroxyl groups is 6. The lowest BCUT2D eigenvalue weighted by Gasteiger charge is -2.34. The number of phenolic OH excluding ortho intramolecular Hbond substituents is 6. The van der Waals surface area contributed by atoms with Gasteiger partial charge in [0.25, 0.3) is 0 Å². The van der Waals surface area contributed by atoms with Crippen LogP contribution in [0.25, 0.3) is 0 Å². The molecule has 768 valence electrons. The van der Waals surface area contributed by atoms with Crippen LogP contribution < -0.4 is 0 Å². The Morgan fingerprint density at radius 2 is 0.375 bits per heavy atom. The van der Waals surface area contributed by atoms with Gasteiger partial charge in [0.1, 0.15) is 34.5 Å². The Labute approximate surface area is 861 Å². The molecule has 3 saturated carbocycles. The zero-order valence-electron chi connectivity index (χ0n) is 93.9. The molecule has 0 aromatic heterocycles. The molecule has 0 saturated heterocycles. The molecular weight excluding hydrogens is 1780 g/mol. The molecule has 6 unspecified atom stereocenters. The van der Waals surface area contributed by atoms with Crippen molar-refractivity contribution in [2.45, 2.75) is 548 Å². The summed E-state index contributed by atoms with van der Waals surface area (Å²) in [5, 5.41) is 73.2. The number of rotatable bonds is 32. The molecule has 0 aliphatic heterocycles. The van der Waals surface area contributed by atoms with Crippen molar-refractivity contribution in [3.63, 3.8) is 0 Å². The summed E-state index contributed by atoms with van der Waals surface area (Å²) in [6.45, 7) is 86.3. The molecule has 12 heteroatoms. The molecule has 6 nitrogen and oxygen atoms in total. The maximum Gasteiger partial charge on any atom is 0.123 e. The Bertz CT molecular complexity index is 4300. The normalized spacial score (nSPS) is 19.0. The van der Waals surface area contributed by atoms with E-state index in [1.54, 1.807) is 0 Å². The molecule has 6 N–H and O–H groups in total. The maximum atomic E-state index is 11.7. The summed E-state index contributed by atoms with van der Waals surface area (Å²) in [7, 11) is 0. The van der Waals surface area contributed by atoms with Gasteiger partial charge in [-0.2, -0.15) is 70.6 Å². The lowest BCUT2D eigenvalue weighted by molar-refractivity contribution is 0.349. The minimum absolute atomic E-state index is 0.0140. The average molecular weight is 1980 g/mol. The van der Waals surface area contributed by atoms with Gasteiger partial charge >= 0.3 is 0 Å². The van der Waals surface area contributed by atoms with Crippen LogP contribution >= 0.6 is 70.6 Å². The summed E-state index contributed by atoms with van der Waals surface area (Å²) >= 11 is 12.4. The van der Waals surface area contributed by atoms with Crippen LogP contribution in [-0.4, -0.2) is 62.1 Å². The van der Waals surface area contributed by atoms with Crippen LogP contribution in [-0.2, 0) is 99.5 Å². The number of benzene rings is 6. The summed E-state index contributed by atoms with van der Waals surface area (Å²) in [6, 6.07) is 27.3. The summed E-state index contributed by atoms with van der Waals surface area (Å²) in [6.07, 6.45) is 28.9. The van der Waals surface area contributed by atoms with E-state index in [9.17, 15) is 30.6 Å². The lowest BCUT2D eigenvalue weighted by atomic mass is 9.72. The Morgan fingerprint density at radius 1 is 0.221 bits per heavy atom. The van der Waals surface area contributed by atoms with E-state index in [-0.39, 0.29) is 65.0 Å². The second-order valence-electron chi connectivity index (χ2n) is 51.5. The zero-order valence-corrected chi connectivity index (χ0v) is 98.8. The van der Waals surface area contributed by atoms with Gasteiger partial charge in [0, 0.05) is 133 Å². The molecule has 6 atom stereocenters. The standard InChI is InChI=1S/2C42H68O2S2.C40H64O2S2/c1-27(2)41(11,12)33-23-31(39(5,6)7)21-29(37(33)43)25-45-35-19-17-15-16-18-20-36(35)46-26-30-22-32(40(8,9)10)24-34(38(30)44)42(13,14)28(3)4;1-13-41(11,14-2)33-25-31(39(5,6)7)23-29(37(33)43)27-45-35-21-19-17-18-20-22-36(35)46-28-30-24-32(40(8,9)10)26-34(38(30)44)42(12,15-3)16-4;1-13-39(9,10)31-23-29(37(3,4)5)21-27(35(31)41)25-43-33-19-17-15-16-18-20-34(33)44-26-28-22-30(38(6,7)8)24-32(36(28)42)40(11,12)14-2/h21-24,27-28,35-36,43-44H,15-20,25-26H2,1-14H3;23-26,35-36,43-44H,13-22,27-28H2,1-12H3;21-24,33-34,41-42H,13-20,25-26H2,1-12H3. The van der Waals surface area contributed by atoms with Crippen LogP contribution in [0.3, 0.4) is 0 Å². The molecule has 0 amide bonds. The minimum atomic E-state index is -0.115. The van der Waals surface area contributed by atoms with Crippen LogP contribution in [0.5, 0.6) is 34.5 Å². The highest BCUT2D eigenvalue weighted by Crippen LogP contribution is 2.53. The van der Waals surface area contributed by atoms with Crippen LogP contribution in [0.2, 0.25) is 0 Å². The van der Waals surface area contributed by atoms with Crippen LogP contribution in [0.4, 0.5) is 0 Å². The Kier molecular flexibility index (Phi) is 43.3. The minimum Gasteiger partial charge on any atom is -0.507 e. The van der Waals surface area contributed by atoms with Gasteiger partial charge in [-0.15, -0.1) is 0 Å². The smallest absolute Gasteiger partial charge is 0.123 e. The average Bonchev–Trinajstić information content (AvgIpc) is 0.771. The first-order chi connectivity index (χ1) is 62.8. The van der Waals surface area contributed by atoms with E-state index >= 15 is 0 Å². The van der Waals surface area contributed by atoms with Crippen molar-refractivity contribution < 1.29 is 30.6 Å². The van der Waals surface area contributed by atoms with Gasteiger partial charge in [-0.25, -0.2) is 0 Å². The number of thioether (sulfide) groups is 6.